The first-order chi connectivity index (χ1) is 14.2. The van der Waals surface area contributed by atoms with Gasteiger partial charge in [0, 0.05) is 37.3 Å². The van der Waals surface area contributed by atoms with Gasteiger partial charge >= 0.3 is 0 Å². The molecule has 3 aromatic rings. The van der Waals surface area contributed by atoms with E-state index in [1.165, 1.54) is 6.20 Å². The third-order valence-corrected chi connectivity index (χ3v) is 5.01. The van der Waals surface area contributed by atoms with Gasteiger partial charge in [-0.2, -0.15) is 5.26 Å². The van der Waals surface area contributed by atoms with Gasteiger partial charge in [0.05, 0.1) is 29.3 Å². The molecule has 0 radical (unpaired) electrons. The van der Waals surface area contributed by atoms with Crippen LogP contribution in [0.15, 0.2) is 60.9 Å². The number of carbonyl (C=O) groups is 1. The number of nitrogens with zero attached hydrogens (tertiary/aromatic N) is 5. The third kappa shape index (κ3) is 3.87. The Labute approximate surface area is 169 Å². The first-order valence-corrected chi connectivity index (χ1v) is 9.37. The maximum atomic E-state index is 12.9. The van der Waals surface area contributed by atoms with Crippen molar-refractivity contribution in [2.45, 2.75) is 0 Å². The summed E-state index contributed by atoms with van der Waals surface area (Å²) in [7, 11) is 0. The summed E-state index contributed by atoms with van der Waals surface area (Å²) in [5.74, 6) is 0.363. The number of nitrogen functional groups attached to an aromatic ring is 1. The largest absolute Gasteiger partial charge is 0.382 e. The van der Waals surface area contributed by atoms with Crippen LogP contribution in [0.5, 0.6) is 0 Å². The third-order valence-electron chi connectivity index (χ3n) is 5.01. The zero-order valence-electron chi connectivity index (χ0n) is 15.8. The van der Waals surface area contributed by atoms with Crippen LogP contribution in [0.2, 0.25) is 0 Å². The van der Waals surface area contributed by atoms with Gasteiger partial charge in [0.15, 0.2) is 0 Å². The van der Waals surface area contributed by atoms with E-state index >= 15 is 0 Å². The van der Waals surface area contributed by atoms with E-state index in [9.17, 15) is 10.1 Å². The number of hydrogen-bond acceptors (Lipinski definition) is 6. The van der Waals surface area contributed by atoms with Crippen LogP contribution in [0.25, 0.3) is 11.3 Å². The minimum atomic E-state index is 0.00317. The summed E-state index contributed by atoms with van der Waals surface area (Å²) >= 11 is 0. The minimum absolute atomic E-state index is 0.00317. The molecule has 7 heteroatoms. The summed E-state index contributed by atoms with van der Waals surface area (Å²) < 4.78 is 0. The smallest absolute Gasteiger partial charge is 0.253 e. The molecule has 0 bridgehead atoms. The zero-order valence-corrected chi connectivity index (χ0v) is 15.8. The summed E-state index contributed by atoms with van der Waals surface area (Å²) in [4.78, 5) is 25.2. The molecule has 29 heavy (non-hydrogen) atoms. The van der Waals surface area contributed by atoms with Gasteiger partial charge in [0.1, 0.15) is 11.9 Å². The fraction of sp³-hybridized carbons (Fsp3) is 0.182. The predicted molar refractivity (Wildman–Crippen MR) is 111 cm³/mol. The number of carbonyl (C=O) groups excluding carboxylic acids is 1. The second-order valence-electron chi connectivity index (χ2n) is 6.81. The van der Waals surface area contributed by atoms with Crippen LogP contribution in [0, 0.1) is 11.3 Å². The molecular weight excluding hydrogens is 364 g/mol. The molecule has 1 aliphatic rings. The van der Waals surface area contributed by atoms with Crippen molar-refractivity contribution in [3.05, 3.63) is 72.1 Å². The maximum absolute atomic E-state index is 12.9. The van der Waals surface area contributed by atoms with Crippen molar-refractivity contribution in [2.75, 3.05) is 36.8 Å². The van der Waals surface area contributed by atoms with Crippen molar-refractivity contribution < 1.29 is 4.79 Å². The molecule has 1 saturated heterocycles. The van der Waals surface area contributed by atoms with Crippen molar-refractivity contribution in [3.63, 3.8) is 0 Å². The average molecular weight is 384 g/mol. The van der Waals surface area contributed by atoms with Crippen molar-refractivity contribution >= 4 is 17.4 Å². The average Bonchev–Trinajstić information content (AvgIpc) is 2.79. The number of benzene rings is 2. The Bertz CT molecular complexity index is 1070. The number of para-hydroxylation sites is 1. The van der Waals surface area contributed by atoms with Gasteiger partial charge in [-0.3, -0.25) is 9.78 Å². The van der Waals surface area contributed by atoms with E-state index in [2.05, 4.69) is 20.9 Å². The zero-order chi connectivity index (χ0) is 20.2. The Morgan fingerprint density at radius 1 is 1.00 bits per heavy atom. The van der Waals surface area contributed by atoms with Crippen LogP contribution in [0.4, 0.5) is 11.5 Å². The van der Waals surface area contributed by atoms with Gasteiger partial charge in [-0.05, 0) is 24.3 Å². The van der Waals surface area contributed by atoms with E-state index in [4.69, 9.17) is 5.73 Å². The summed E-state index contributed by atoms with van der Waals surface area (Å²) in [5.41, 5.74) is 9.44. The molecule has 0 atom stereocenters. The van der Waals surface area contributed by atoms with E-state index in [0.717, 1.165) is 11.3 Å². The lowest BCUT2D eigenvalue weighted by Gasteiger charge is -2.36. The molecule has 2 N–H and O–H groups in total. The minimum Gasteiger partial charge on any atom is -0.382 e. The van der Waals surface area contributed by atoms with E-state index in [1.54, 1.807) is 18.3 Å². The molecule has 7 nitrogen and oxygen atoms in total. The van der Waals surface area contributed by atoms with Crippen molar-refractivity contribution in [1.29, 1.82) is 5.26 Å². The first kappa shape index (κ1) is 18.4. The molecule has 1 aromatic heterocycles. The van der Waals surface area contributed by atoms with Crippen molar-refractivity contribution in [1.82, 2.24) is 14.9 Å². The van der Waals surface area contributed by atoms with Crippen LogP contribution < -0.4 is 10.6 Å². The van der Waals surface area contributed by atoms with Crippen LogP contribution in [0.1, 0.15) is 15.9 Å². The molecule has 4 rings (SSSR count). The first-order valence-electron chi connectivity index (χ1n) is 9.37. The second-order valence-corrected chi connectivity index (χ2v) is 6.81. The van der Waals surface area contributed by atoms with Crippen molar-refractivity contribution in [3.8, 4) is 17.3 Å². The molecule has 2 heterocycles. The molecule has 0 spiro atoms. The molecule has 2 aromatic carbocycles. The van der Waals surface area contributed by atoms with Gasteiger partial charge in [0.25, 0.3) is 5.91 Å². The van der Waals surface area contributed by atoms with Gasteiger partial charge in [-0.25, -0.2) is 4.98 Å². The molecule has 1 fully saturated rings. The van der Waals surface area contributed by atoms with Gasteiger partial charge in [-0.1, -0.05) is 24.3 Å². The van der Waals surface area contributed by atoms with E-state index in [0.29, 0.717) is 48.8 Å². The van der Waals surface area contributed by atoms with Crippen LogP contribution in [-0.4, -0.2) is 47.0 Å². The second kappa shape index (κ2) is 7.98. The Kier molecular flexibility index (Phi) is 5.08. The number of nitrogens with two attached hydrogens (primary N) is 1. The highest BCUT2D eigenvalue weighted by atomic mass is 16.2. The molecule has 0 saturated carbocycles. The predicted octanol–water partition coefficient (Wildman–Crippen LogP) is 2.56. The fourth-order valence-electron chi connectivity index (χ4n) is 3.48. The lowest BCUT2D eigenvalue weighted by molar-refractivity contribution is 0.0747. The van der Waals surface area contributed by atoms with Crippen LogP contribution >= 0.6 is 0 Å². The molecular formula is C22H20N6O. The van der Waals surface area contributed by atoms with E-state index < -0.39 is 0 Å². The lowest BCUT2D eigenvalue weighted by Crippen LogP contribution is -2.49. The standard InChI is InChI=1S/C22H20N6O/c23-13-18-3-1-2-4-20(18)27-9-11-28(12-10-27)22(29)17-7-5-16(6-8-17)19-14-25-15-21(24)26-19/h1-8,14-15H,9-12H2,(H2,24,26). The number of aromatic nitrogens is 2. The molecule has 1 aliphatic heterocycles. The fourth-order valence-corrected chi connectivity index (χ4v) is 3.48. The number of hydrogen-bond donors (Lipinski definition) is 1. The molecule has 144 valence electrons. The normalized spacial score (nSPS) is 13.8. The maximum Gasteiger partial charge on any atom is 0.253 e. The number of rotatable bonds is 3. The Hall–Kier alpha value is -3.92. The Morgan fingerprint density at radius 3 is 2.41 bits per heavy atom. The SMILES string of the molecule is N#Cc1ccccc1N1CCN(C(=O)c2ccc(-c3cncc(N)n3)cc2)CC1. The van der Waals surface area contributed by atoms with Gasteiger partial charge < -0.3 is 15.5 Å². The topological polar surface area (TPSA) is 99.1 Å². The molecule has 0 aliphatic carbocycles. The molecule has 0 unspecified atom stereocenters. The molecule has 1 amide bonds. The van der Waals surface area contributed by atoms with Crippen molar-refractivity contribution in [2.24, 2.45) is 0 Å². The van der Waals surface area contributed by atoms with Crippen LogP contribution in [-0.2, 0) is 0 Å². The number of amides is 1. The van der Waals surface area contributed by atoms with Crippen LogP contribution in [0.3, 0.4) is 0 Å². The van der Waals surface area contributed by atoms with E-state index in [1.807, 2.05) is 41.3 Å². The van der Waals surface area contributed by atoms with Gasteiger partial charge in [-0.15, -0.1) is 0 Å². The summed E-state index contributed by atoms with van der Waals surface area (Å²) in [6, 6.07) is 17.1. The highest BCUT2D eigenvalue weighted by Gasteiger charge is 2.23. The summed E-state index contributed by atoms with van der Waals surface area (Å²) in [5, 5.41) is 9.30. The lowest BCUT2D eigenvalue weighted by atomic mass is 10.1. The summed E-state index contributed by atoms with van der Waals surface area (Å²) in [6.45, 7) is 2.62. The highest BCUT2D eigenvalue weighted by Crippen LogP contribution is 2.22. The number of anilines is 2. The number of piperazine rings is 1. The Balaban J connectivity index is 1.43. The quantitative estimate of drug-likeness (QED) is 0.745. The summed E-state index contributed by atoms with van der Waals surface area (Å²) in [6.07, 6.45) is 3.14. The number of nitriles is 1. The van der Waals surface area contributed by atoms with Gasteiger partial charge in [0.2, 0.25) is 0 Å². The monoisotopic (exact) mass is 384 g/mol. The highest BCUT2D eigenvalue weighted by molar-refractivity contribution is 5.94. The van der Waals surface area contributed by atoms with E-state index in [-0.39, 0.29) is 5.91 Å². The Morgan fingerprint density at radius 2 is 1.72 bits per heavy atom.